The van der Waals surface area contributed by atoms with Crippen molar-refractivity contribution in [2.24, 2.45) is 0 Å². The lowest BCUT2D eigenvalue weighted by Crippen LogP contribution is -2.00. The molecule has 27 aromatic rings. The van der Waals surface area contributed by atoms with Crippen molar-refractivity contribution in [2.75, 3.05) is 0 Å². The Kier molecular flexibility index (Phi) is 22.9. The molecule has 0 N–H and O–H groups in total. The van der Waals surface area contributed by atoms with Crippen molar-refractivity contribution < 1.29 is 0 Å². The molecule has 0 radical (unpaired) electrons. The predicted octanol–water partition coefficient (Wildman–Crippen LogP) is 35.0. The molecule has 27 rings (SSSR count). The Labute approximate surface area is 833 Å². The number of aromatic nitrogens is 9. The first kappa shape index (κ1) is 86.2. The Bertz CT molecular complexity index is 9330. The molecule has 0 saturated heterocycles. The number of nitrogens with zero attached hydrogens (tertiary/aromatic N) is 9. The van der Waals surface area contributed by atoms with Crippen LogP contribution in [0.5, 0.6) is 0 Å². The van der Waals surface area contributed by atoms with Crippen LogP contribution in [0.25, 0.3) is 266 Å². The van der Waals surface area contributed by atoms with Gasteiger partial charge >= 0.3 is 0 Å². The van der Waals surface area contributed by atoms with Gasteiger partial charge < -0.3 is 0 Å². The van der Waals surface area contributed by atoms with Crippen LogP contribution in [-0.4, -0.2) is 44.9 Å². The van der Waals surface area contributed by atoms with Crippen molar-refractivity contribution >= 4 is 97.0 Å². The normalized spacial score (nSPS) is 11.3. The van der Waals surface area contributed by atoms with Crippen molar-refractivity contribution in [3.63, 3.8) is 0 Å². The van der Waals surface area contributed by atoms with Gasteiger partial charge in [-0.15, -0.1) is 0 Å². The second kappa shape index (κ2) is 38.2. The lowest BCUT2D eigenvalue weighted by atomic mass is 9.96. The SMILES string of the molecule is c1ccc(-c2ccc3cc(-c4nc(-c5ccc6ccccc6c5)nc(-c5ccc6c(-c7ccccc7)cccc6c5)n4)ccc3c2)cc1.c1ccc(-c2ccc3cc(-c4nc(-c5ccc6ccccc6c5)nc(-c5ccc6ccc(-c7ccccc7)cc6c5)n4)ccc3c2)cc1.c1ccc(-c2ccc3cc(-c4nc(-c5ccc6ccccc6c5)nc(-c5ccc6cccc(-c7ccccc7)c6c5)n4)ccc3c2)cc1. The summed E-state index contributed by atoms with van der Waals surface area (Å²) >= 11 is 0. The maximum absolute atomic E-state index is 5.12. The molecule has 0 fully saturated rings. The molecule has 0 bridgehead atoms. The molecule has 672 valence electrons. The standard InChI is InChI=1S/3C45H29N3/c1-3-10-30(11-4-1)35-20-21-37-28-39(25-22-36(37)26-35)44-46-43(38-23-18-31-12-7-8-15-34(31)27-38)47-45(48-44)40-24-19-33-16-9-17-41(42(33)29-40)32-13-5-2-6-14-32;1-3-10-30(11-4-1)34-19-20-36-28-39(23-21-35(36)26-34)44-46-43(38-22-18-31-12-7-8-15-33(31)27-38)47-45(48-44)40-24-25-42-37(29-40)16-9-17-41(42)32-13-5-2-6-14-32;1-3-9-30(10-4-1)35-19-20-38-27-40(24-21-37(38)25-35)44-46-43(39-22-16-32-13-7-8-14-34(32)26-39)47-45(48-44)41-23-17-33-15-18-36(28-42(33)29-41)31-11-5-2-6-12-31/h3*1-29H. The van der Waals surface area contributed by atoms with Crippen LogP contribution in [0.3, 0.4) is 0 Å². The Morgan fingerprint density at radius 1 is 0.0833 bits per heavy atom. The van der Waals surface area contributed by atoms with E-state index >= 15 is 0 Å². The van der Waals surface area contributed by atoms with E-state index in [1.54, 1.807) is 0 Å². The molecule has 3 heterocycles. The van der Waals surface area contributed by atoms with Gasteiger partial charge in [0, 0.05) is 50.1 Å². The number of fused-ring (bicyclic) bond motifs is 9. The fourth-order valence-corrected chi connectivity index (χ4v) is 19.6. The molecule has 9 nitrogen and oxygen atoms in total. The fraction of sp³-hybridized carbons (Fsp3) is 0. The zero-order chi connectivity index (χ0) is 95.6. The molecule has 0 unspecified atom stereocenters. The largest absolute Gasteiger partial charge is 0.208 e. The average Bonchev–Trinajstić information content (AvgIpc) is 0.778. The van der Waals surface area contributed by atoms with E-state index < -0.39 is 0 Å². The number of hydrogen-bond donors (Lipinski definition) is 0. The van der Waals surface area contributed by atoms with Crippen LogP contribution >= 0.6 is 0 Å². The molecule has 0 aliphatic rings. The summed E-state index contributed by atoms with van der Waals surface area (Å²) in [6, 6.07) is 186. The Hall–Kier alpha value is -19.4. The van der Waals surface area contributed by atoms with E-state index in [0.29, 0.717) is 52.4 Å². The molecule has 3 aromatic heterocycles. The Morgan fingerprint density at radius 3 is 0.549 bits per heavy atom. The van der Waals surface area contributed by atoms with Gasteiger partial charge in [0.05, 0.1) is 0 Å². The molecule has 0 atom stereocenters. The first-order valence-corrected chi connectivity index (χ1v) is 48.6. The lowest BCUT2D eigenvalue weighted by Gasteiger charge is -2.12. The first-order chi connectivity index (χ1) is 71.2. The van der Waals surface area contributed by atoms with Gasteiger partial charge in [0.1, 0.15) is 0 Å². The van der Waals surface area contributed by atoms with Crippen molar-refractivity contribution in [2.45, 2.75) is 0 Å². The molecule has 24 aromatic carbocycles. The summed E-state index contributed by atoms with van der Waals surface area (Å²) in [7, 11) is 0. The molecular formula is C135H87N9. The second-order valence-electron chi connectivity index (χ2n) is 36.4. The highest BCUT2D eigenvalue weighted by atomic mass is 15.1. The van der Waals surface area contributed by atoms with Gasteiger partial charge in [0.15, 0.2) is 52.4 Å². The summed E-state index contributed by atoms with van der Waals surface area (Å²) in [6.07, 6.45) is 0. The van der Waals surface area contributed by atoms with E-state index in [1.807, 2.05) is 24.3 Å². The van der Waals surface area contributed by atoms with Crippen molar-refractivity contribution in [3.05, 3.63) is 528 Å². The summed E-state index contributed by atoms with van der Waals surface area (Å²) in [6.45, 7) is 0. The van der Waals surface area contributed by atoms with Crippen molar-refractivity contribution in [3.8, 4) is 169 Å². The van der Waals surface area contributed by atoms with E-state index in [2.05, 4.69) is 504 Å². The zero-order valence-corrected chi connectivity index (χ0v) is 78.3. The highest BCUT2D eigenvalue weighted by Crippen LogP contribution is 2.41. The molecule has 0 spiro atoms. The number of benzene rings is 24. The van der Waals surface area contributed by atoms with Crippen LogP contribution in [0, 0.1) is 0 Å². The second-order valence-corrected chi connectivity index (χ2v) is 36.4. The molecular weight excluding hydrogens is 1750 g/mol. The van der Waals surface area contributed by atoms with Gasteiger partial charge in [-0.1, -0.05) is 449 Å². The highest BCUT2D eigenvalue weighted by Gasteiger charge is 2.22. The summed E-state index contributed by atoms with van der Waals surface area (Å²) in [5.74, 6) is 5.84. The summed E-state index contributed by atoms with van der Waals surface area (Å²) in [5, 5.41) is 20.9. The number of hydrogen-bond acceptors (Lipinski definition) is 9. The summed E-state index contributed by atoms with van der Waals surface area (Å²) in [4.78, 5) is 45.8. The third-order valence-corrected chi connectivity index (χ3v) is 27.2. The van der Waals surface area contributed by atoms with Gasteiger partial charge in [-0.2, -0.15) is 0 Å². The Morgan fingerprint density at radius 2 is 0.257 bits per heavy atom. The minimum absolute atomic E-state index is 0.646. The minimum atomic E-state index is 0.646. The molecule has 0 aliphatic heterocycles. The van der Waals surface area contributed by atoms with Crippen LogP contribution in [0.15, 0.2) is 528 Å². The van der Waals surface area contributed by atoms with Gasteiger partial charge in [0.25, 0.3) is 0 Å². The van der Waals surface area contributed by atoms with E-state index in [0.717, 1.165) is 98.5 Å². The van der Waals surface area contributed by atoms with Crippen molar-refractivity contribution in [1.29, 1.82) is 0 Å². The molecule has 0 amide bonds. The number of rotatable bonds is 15. The third kappa shape index (κ3) is 17.9. The van der Waals surface area contributed by atoms with Gasteiger partial charge in [-0.25, -0.2) is 44.9 Å². The molecule has 0 aliphatic carbocycles. The van der Waals surface area contributed by atoms with Crippen LogP contribution in [0.4, 0.5) is 0 Å². The average molecular weight is 1840 g/mol. The third-order valence-electron chi connectivity index (χ3n) is 27.2. The monoisotopic (exact) mass is 1830 g/mol. The lowest BCUT2D eigenvalue weighted by molar-refractivity contribution is 1.08. The minimum Gasteiger partial charge on any atom is -0.208 e. The Balaban J connectivity index is 0.000000113. The van der Waals surface area contributed by atoms with Crippen LogP contribution < -0.4 is 0 Å². The maximum atomic E-state index is 5.12. The summed E-state index contributed by atoms with van der Waals surface area (Å²) < 4.78 is 0. The molecule has 9 heteroatoms. The van der Waals surface area contributed by atoms with Crippen LogP contribution in [0.2, 0.25) is 0 Å². The van der Waals surface area contributed by atoms with E-state index in [9.17, 15) is 0 Å². The van der Waals surface area contributed by atoms with Crippen molar-refractivity contribution in [1.82, 2.24) is 44.9 Å². The predicted molar refractivity (Wildman–Crippen MR) is 599 cm³/mol. The highest BCUT2D eigenvalue weighted by molar-refractivity contribution is 6.03. The molecule has 144 heavy (non-hydrogen) atoms. The van der Waals surface area contributed by atoms with E-state index in [4.69, 9.17) is 44.9 Å². The summed E-state index contributed by atoms with van der Waals surface area (Å²) in [5.41, 5.74) is 22.9. The first-order valence-electron chi connectivity index (χ1n) is 48.6. The fourth-order valence-electron chi connectivity index (χ4n) is 19.6. The molecule has 0 saturated carbocycles. The quantitative estimate of drug-likeness (QED) is 0.0989. The van der Waals surface area contributed by atoms with Crippen LogP contribution in [0.1, 0.15) is 0 Å². The van der Waals surface area contributed by atoms with Gasteiger partial charge in [0.2, 0.25) is 0 Å². The van der Waals surface area contributed by atoms with Gasteiger partial charge in [-0.05, 0) is 243 Å². The maximum Gasteiger partial charge on any atom is 0.164 e. The van der Waals surface area contributed by atoms with Gasteiger partial charge in [-0.3, -0.25) is 0 Å². The topological polar surface area (TPSA) is 116 Å². The zero-order valence-electron chi connectivity index (χ0n) is 78.3. The van der Waals surface area contributed by atoms with E-state index in [-0.39, 0.29) is 0 Å². The smallest absolute Gasteiger partial charge is 0.164 e. The van der Waals surface area contributed by atoms with Crippen LogP contribution in [-0.2, 0) is 0 Å². The van der Waals surface area contributed by atoms with E-state index in [1.165, 1.54) is 115 Å².